The predicted octanol–water partition coefficient (Wildman–Crippen LogP) is 4.02. The molecule has 1 aliphatic carbocycles. The molecule has 0 bridgehead atoms. The molecule has 1 unspecified atom stereocenters. The van der Waals surface area contributed by atoms with Gasteiger partial charge in [-0.1, -0.05) is 36.9 Å². The number of nitrogens with two attached hydrogens (primary N) is 1. The monoisotopic (exact) mass is 330 g/mol. The van der Waals surface area contributed by atoms with E-state index in [1.165, 1.54) is 37.7 Å². The molecular weight excluding hydrogens is 312 g/mol. The van der Waals surface area contributed by atoms with Gasteiger partial charge in [0.15, 0.2) is 0 Å². The van der Waals surface area contributed by atoms with Crippen LogP contribution in [0.2, 0.25) is 5.02 Å². The van der Waals surface area contributed by atoms with E-state index >= 15 is 0 Å². The van der Waals surface area contributed by atoms with Gasteiger partial charge in [-0.15, -0.1) is 0 Å². The second-order valence-electron chi connectivity index (χ2n) is 4.96. The summed E-state index contributed by atoms with van der Waals surface area (Å²) in [4.78, 5) is 0. The molecule has 0 saturated heterocycles. The van der Waals surface area contributed by atoms with Crippen molar-refractivity contribution in [3.63, 3.8) is 0 Å². The van der Waals surface area contributed by atoms with Crippen molar-refractivity contribution >= 4 is 27.5 Å². The second kappa shape index (κ2) is 6.90. The average molecular weight is 332 g/mol. The summed E-state index contributed by atoms with van der Waals surface area (Å²) in [7, 11) is 0. The SMILES string of the molecule is NCC(NC1CCCCC1)c1ccc(Br)c(Cl)c1. The van der Waals surface area contributed by atoms with Gasteiger partial charge in [-0.05, 0) is 46.5 Å². The van der Waals surface area contributed by atoms with E-state index in [-0.39, 0.29) is 6.04 Å². The molecule has 1 aliphatic rings. The van der Waals surface area contributed by atoms with E-state index in [4.69, 9.17) is 17.3 Å². The molecule has 0 radical (unpaired) electrons. The molecule has 3 N–H and O–H groups in total. The molecule has 1 saturated carbocycles. The smallest absolute Gasteiger partial charge is 0.0551 e. The van der Waals surface area contributed by atoms with Crippen LogP contribution in [0, 0.1) is 0 Å². The van der Waals surface area contributed by atoms with Crippen LogP contribution >= 0.6 is 27.5 Å². The van der Waals surface area contributed by atoms with E-state index in [9.17, 15) is 0 Å². The molecular formula is C14H20BrClN2. The van der Waals surface area contributed by atoms with Crippen LogP contribution in [-0.2, 0) is 0 Å². The van der Waals surface area contributed by atoms with Crippen LogP contribution in [0.25, 0.3) is 0 Å². The van der Waals surface area contributed by atoms with Crippen LogP contribution in [0.1, 0.15) is 43.7 Å². The summed E-state index contributed by atoms with van der Waals surface area (Å²) in [6.45, 7) is 0.606. The number of benzene rings is 1. The Morgan fingerprint density at radius 2 is 2.06 bits per heavy atom. The Morgan fingerprint density at radius 3 is 2.67 bits per heavy atom. The molecule has 4 heteroatoms. The lowest BCUT2D eigenvalue weighted by atomic mass is 9.94. The maximum absolute atomic E-state index is 6.14. The Kier molecular flexibility index (Phi) is 5.49. The molecule has 0 heterocycles. The van der Waals surface area contributed by atoms with Crippen LogP contribution < -0.4 is 11.1 Å². The summed E-state index contributed by atoms with van der Waals surface area (Å²) >= 11 is 9.56. The Labute approximate surface area is 122 Å². The summed E-state index contributed by atoms with van der Waals surface area (Å²) < 4.78 is 0.932. The first-order valence-corrected chi connectivity index (χ1v) is 7.79. The van der Waals surface area contributed by atoms with E-state index < -0.39 is 0 Å². The summed E-state index contributed by atoms with van der Waals surface area (Å²) in [5, 5.41) is 4.42. The highest BCUT2D eigenvalue weighted by atomic mass is 79.9. The number of hydrogen-bond acceptors (Lipinski definition) is 2. The lowest BCUT2D eigenvalue weighted by Crippen LogP contribution is -2.37. The van der Waals surface area contributed by atoms with Gasteiger partial charge in [0.05, 0.1) is 5.02 Å². The standard InChI is InChI=1S/C14H20BrClN2/c15-12-7-6-10(8-13(12)16)14(9-17)18-11-4-2-1-3-5-11/h6-8,11,14,18H,1-5,9,17H2. The normalized spacial score (nSPS) is 18.8. The fraction of sp³-hybridized carbons (Fsp3) is 0.571. The first-order chi connectivity index (χ1) is 8.70. The van der Waals surface area contributed by atoms with Gasteiger partial charge in [0.1, 0.15) is 0 Å². The van der Waals surface area contributed by atoms with Crippen molar-refractivity contribution in [1.29, 1.82) is 0 Å². The molecule has 1 atom stereocenters. The van der Waals surface area contributed by atoms with Gasteiger partial charge in [0.25, 0.3) is 0 Å². The van der Waals surface area contributed by atoms with Crippen LogP contribution in [0.3, 0.4) is 0 Å². The highest BCUT2D eigenvalue weighted by molar-refractivity contribution is 9.10. The van der Waals surface area contributed by atoms with Gasteiger partial charge >= 0.3 is 0 Å². The molecule has 1 aromatic carbocycles. The van der Waals surface area contributed by atoms with Crippen LogP contribution in [0.15, 0.2) is 22.7 Å². The van der Waals surface area contributed by atoms with Crippen molar-refractivity contribution in [2.45, 2.75) is 44.2 Å². The van der Waals surface area contributed by atoms with E-state index in [0.29, 0.717) is 12.6 Å². The molecule has 0 amide bonds. The number of nitrogens with one attached hydrogen (secondary N) is 1. The van der Waals surface area contributed by atoms with Crippen molar-refractivity contribution < 1.29 is 0 Å². The molecule has 18 heavy (non-hydrogen) atoms. The van der Waals surface area contributed by atoms with E-state index in [1.807, 2.05) is 12.1 Å². The summed E-state index contributed by atoms with van der Waals surface area (Å²) in [6.07, 6.45) is 6.56. The van der Waals surface area contributed by atoms with Gasteiger partial charge < -0.3 is 11.1 Å². The van der Waals surface area contributed by atoms with Crippen molar-refractivity contribution in [3.05, 3.63) is 33.3 Å². The minimum Gasteiger partial charge on any atom is -0.329 e. The van der Waals surface area contributed by atoms with Crippen molar-refractivity contribution in [2.75, 3.05) is 6.54 Å². The fourth-order valence-corrected chi connectivity index (χ4v) is 3.02. The lowest BCUT2D eigenvalue weighted by Gasteiger charge is -2.28. The highest BCUT2D eigenvalue weighted by Crippen LogP contribution is 2.27. The Morgan fingerprint density at radius 1 is 1.33 bits per heavy atom. The summed E-state index contributed by atoms with van der Waals surface area (Å²) in [5.41, 5.74) is 7.07. The van der Waals surface area contributed by atoms with Gasteiger partial charge in [0, 0.05) is 23.1 Å². The molecule has 0 aromatic heterocycles. The lowest BCUT2D eigenvalue weighted by molar-refractivity contribution is 0.340. The van der Waals surface area contributed by atoms with Crippen LogP contribution in [-0.4, -0.2) is 12.6 Å². The van der Waals surface area contributed by atoms with Gasteiger partial charge in [0.2, 0.25) is 0 Å². The summed E-state index contributed by atoms with van der Waals surface area (Å²) in [6, 6.07) is 6.89. The van der Waals surface area contributed by atoms with Crippen molar-refractivity contribution in [3.8, 4) is 0 Å². The molecule has 1 fully saturated rings. The Hall–Kier alpha value is -0.0900. The maximum Gasteiger partial charge on any atom is 0.0551 e. The quantitative estimate of drug-likeness (QED) is 0.874. The molecule has 0 spiro atoms. The highest BCUT2D eigenvalue weighted by Gasteiger charge is 2.18. The largest absolute Gasteiger partial charge is 0.329 e. The maximum atomic E-state index is 6.14. The molecule has 0 aliphatic heterocycles. The molecule has 100 valence electrons. The van der Waals surface area contributed by atoms with E-state index in [1.54, 1.807) is 0 Å². The average Bonchev–Trinajstić information content (AvgIpc) is 2.40. The second-order valence-corrected chi connectivity index (χ2v) is 6.22. The van der Waals surface area contributed by atoms with E-state index in [2.05, 4.69) is 27.3 Å². The Bertz CT molecular complexity index is 391. The third kappa shape index (κ3) is 3.70. The fourth-order valence-electron chi connectivity index (χ4n) is 2.58. The minimum atomic E-state index is 0.207. The first-order valence-electron chi connectivity index (χ1n) is 6.62. The van der Waals surface area contributed by atoms with Crippen molar-refractivity contribution in [2.24, 2.45) is 5.73 Å². The number of halogens is 2. The number of rotatable bonds is 4. The zero-order valence-electron chi connectivity index (χ0n) is 10.5. The first kappa shape index (κ1) is 14.3. The molecule has 2 rings (SSSR count). The predicted molar refractivity (Wildman–Crippen MR) is 81.0 cm³/mol. The molecule has 1 aromatic rings. The molecule has 2 nitrogen and oxygen atoms in total. The zero-order valence-corrected chi connectivity index (χ0v) is 12.8. The third-order valence-electron chi connectivity index (χ3n) is 3.62. The van der Waals surface area contributed by atoms with Gasteiger partial charge in [-0.3, -0.25) is 0 Å². The van der Waals surface area contributed by atoms with Crippen molar-refractivity contribution in [1.82, 2.24) is 5.32 Å². The van der Waals surface area contributed by atoms with Crippen LogP contribution in [0.4, 0.5) is 0 Å². The van der Waals surface area contributed by atoms with Gasteiger partial charge in [-0.25, -0.2) is 0 Å². The van der Waals surface area contributed by atoms with Gasteiger partial charge in [-0.2, -0.15) is 0 Å². The number of hydrogen-bond donors (Lipinski definition) is 2. The zero-order chi connectivity index (χ0) is 13.0. The third-order valence-corrected chi connectivity index (χ3v) is 4.86. The minimum absolute atomic E-state index is 0.207. The topological polar surface area (TPSA) is 38.0 Å². The van der Waals surface area contributed by atoms with E-state index in [0.717, 1.165) is 9.50 Å². The summed E-state index contributed by atoms with van der Waals surface area (Å²) in [5.74, 6) is 0. The van der Waals surface area contributed by atoms with Crippen LogP contribution in [0.5, 0.6) is 0 Å². The Balaban J connectivity index is 2.04.